The number of halogens is 10. The number of alkyl halides is 10. The second-order valence-electron chi connectivity index (χ2n) is 43.4. The molecule has 18 rings (SSSR count). The highest BCUT2D eigenvalue weighted by molar-refractivity contribution is 5.87. The maximum atomic E-state index is 14.4. The van der Waals surface area contributed by atoms with Crippen LogP contribution in [0.15, 0.2) is 30.3 Å². The second kappa shape index (κ2) is 43.7. The zero-order chi connectivity index (χ0) is 102. The number of carbonyl (C=O) groups excluding carboxylic acids is 13. The molecule has 1 aromatic carbocycles. The molecule has 28 unspecified atom stereocenters. The van der Waals surface area contributed by atoms with Crippen LogP contribution in [0.5, 0.6) is 0 Å². The number of hydrogen-bond acceptors (Lipinski definition) is 31. The molecule has 8 aliphatic carbocycles. The summed E-state index contributed by atoms with van der Waals surface area (Å²) in [6, 6.07) is 9.00. The Balaban J connectivity index is 0.000000261. The number of aliphatic hydroxyl groups is 2. The summed E-state index contributed by atoms with van der Waals surface area (Å²) in [6.07, 6.45) is -16.2. The van der Waals surface area contributed by atoms with Gasteiger partial charge >= 0.3 is 96.3 Å². The molecular formula is C102H149F10NO30. The monoisotopic (exact) mass is 2060 g/mol. The lowest BCUT2D eigenvalue weighted by Crippen LogP contribution is -2.60. The summed E-state index contributed by atoms with van der Waals surface area (Å²) in [6.45, 7) is 28.6. The van der Waals surface area contributed by atoms with Crippen LogP contribution in [0.2, 0.25) is 0 Å². The molecule has 1 spiro atoms. The standard InChI is InChI=1S/C18H26O6.C17H18F6O3.C17H25F3O3.C17H21NO6.C14H19FO4.C13H16O8.6CH4/c1-4-18(2,3)17(21)22-9-14(19)24-15-11-5-10-6-12(8-11)16(20)23-13(15)7-10;1-3-13(2)9-14(26-12(13)24,11-7-5-4-6-8-11)10-15(25,16(18,19)20)17(21,22)23;1-4-14(2)9-16(23-13(14)21)8-11-6-12(16)5-10(11)7-15(3,22)17(18,19)20;1-4-16(2,3)14(20)22-7-11(19)23-12-9-5-10-13(12)24-15(21)17(10,6-9)8-18;1-4-13(2,3)11(16)18-9-7-5-8-10(9)19-12(17)14(8,15)6-7;1-4-13(2,3)11(15)19-7-5-6(17-9(7)14)8-10(18-5)21-12(16)20-8;;;;;;/h10-13,15H,4-9H2,1-3H3;4-8,25H,3,9-10H2,1-2H3;10-12,22H,4-9H2,1-3H3;9-10,12-13H,4-7H2,1-3H3;7-10H,4-6H2,1-3H3;5-8,10H,4H2,1-3H3;6*1H4. The largest absolute Gasteiger partial charge is 0.511 e. The molecule has 9 aliphatic heterocycles. The molecule has 8 saturated carbocycles. The number of rotatable bonds is 23. The first kappa shape index (κ1) is 122. The number of nitrogens with zero attached hydrogens (tertiary/aromatic N) is 1. The third-order valence-electron chi connectivity index (χ3n) is 32.6. The maximum Gasteiger partial charge on any atom is 0.511 e. The van der Waals surface area contributed by atoms with E-state index in [1.54, 1.807) is 48.5 Å². The molecule has 0 aromatic heterocycles. The van der Waals surface area contributed by atoms with E-state index in [1.807, 2.05) is 55.4 Å². The number of fused-ring (bicyclic) bond motifs is 9. The smallest absolute Gasteiger partial charge is 0.458 e. The van der Waals surface area contributed by atoms with Crippen molar-refractivity contribution in [2.75, 3.05) is 13.2 Å². The van der Waals surface area contributed by atoms with Crippen LogP contribution in [0.25, 0.3) is 0 Å². The van der Waals surface area contributed by atoms with E-state index in [0.29, 0.717) is 70.1 Å². The van der Waals surface area contributed by atoms with Gasteiger partial charge in [0.2, 0.25) is 24.2 Å². The highest BCUT2D eigenvalue weighted by Crippen LogP contribution is 2.66. The van der Waals surface area contributed by atoms with Crippen molar-refractivity contribution < 1.29 is 187 Å². The molecule has 1 aromatic rings. The van der Waals surface area contributed by atoms with Crippen LogP contribution in [0.1, 0.15) is 303 Å². The lowest BCUT2D eigenvalue weighted by molar-refractivity contribution is -0.378. The summed E-state index contributed by atoms with van der Waals surface area (Å²) in [5.41, 5.74) is -17.5. The van der Waals surface area contributed by atoms with Crippen molar-refractivity contribution in [3.63, 3.8) is 0 Å². The van der Waals surface area contributed by atoms with Crippen LogP contribution >= 0.6 is 0 Å². The predicted molar refractivity (Wildman–Crippen MR) is 487 cm³/mol. The van der Waals surface area contributed by atoms with Gasteiger partial charge in [-0.1, -0.05) is 116 Å². The third-order valence-corrected chi connectivity index (χ3v) is 32.6. The van der Waals surface area contributed by atoms with Gasteiger partial charge in [0.05, 0.1) is 44.5 Å². The van der Waals surface area contributed by atoms with Crippen molar-refractivity contribution in [3.05, 3.63) is 35.9 Å². The average Bonchev–Trinajstić information content (AvgIpc) is 1.57. The summed E-state index contributed by atoms with van der Waals surface area (Å²) in [5, 5.41) is 28.7. The van der Waals surface area contributed by atoms with Gasteiger partial charge in [-0.05, 0) is 221 Å². The number of ether oxygens (including phenoxy) is 15. The molecule has 812 valence electrons. The van der Waals surface area contributed by atoms with Crippen molar-refractivity contribution in [3.8, 4) is 6.07 Å². The highest BCUT2D eigenvalue weighted by atomic mass is 19.4. The fourth-order valence-electron chi connectivity index (χ4n) is 22.1. The summed E-state index contributed by atoms with van der Waals surface area (Å²) >= 11 is 0. The molecular weight excluding hydrogens is 1910 g/mol. The third kappa shape index (κ3) is 23.2. The first-order valence-electron chi connectivity index (χ1n) is 47.1. The normalized spacial score (nSPS) is 35.4. The first-order valence-corrected chi connectivity index (χ1v) is 47.1. The van der Waals surface area contributed by atoms with Gasteiger partial charge in [0.25, 0.3) is 5.60 Å². The minimum atomic E-state index is -6.00. The number of cyclic esters (lactones) is 1. The van der Waals surface area contributed by atoms with E-state index in [1.165, 1.54) is 37.3 Å². The topological polar surface area (TPSA) is 425 Å². The fraction of sp³-hybridized carbons (Fsp3) is 0.804. The van der Waals surface area contributed by atoms with E-state index in [4.69, 9.17) is 71.1 Å². The van der Waals surface area contributed by atoms with E-state index in [2.05, 4.69) is 6.07 Å². The SMILES string of the molecule is C.C.C.C.C.C.CCC(C)(C)C(=O)OC1C(=O)OC2C3OC(=O)OC3OC12.CCC(C)(C)C(=O)OC1C2CC3C1OC(=O)C3(F)C2.CCC(C)(C)C(=O)OCC(=O)OC1C2CC3C1OC(=O)C3(C#N)C2.CCC(C)(C)C(=O)OCC(=O)OC1C2CC3CC(C2)C(=O)OC1C3.CCC1(C)CC(CC(O)(C(F)(F)F)C(F)(F)F)(c2ccccc2)OC1=O.CCC1(C)CC2(CC3CC2CC3CC(C)(O)C(F)(F)F)OC1=O. The number of hydrogen-bond donors (Lipinski definition) is 2. The van der Waals surface area contributed by atoms with E-state index >= 15 is 0 Å². The lowest BCUT2D eigenvalue weighted by Gasteiger charge is -2.41. The summed E-state index contributed by atoms with van der Waals surface area (Å²) in [5.74, 6) is -6.11. The Morgan fingerprint density at radius 3 is 1.48 bits per heavy atom. The lowest BCUT2D eigenvalue weighted by atomic mass is 9.67. The zero-order valence-corrected chi connectivity index (χ0v) is 79.8. The van der Waals surface area contributed by atoms with Crippen molar-refractivity contribution in [2.24, 2.45) is 97.1 Å². The average molecular weight is 2060 g/mol. The minimum Gasteiger partial charge on any atom is -0.458 e. The molecule has 0 radical (unpaired) electrons. The Labute approximate surface area is 830 Å². The quantitative estimate of drug-likeness (QED) is 0.0584. The van der Waals surface area contributed by atoms with Crippen molar-refractivity contribution in [1.29, 1.82) is 5.26 Å². The van der Waals surface area contributed by atoms with Crippen molar-refractivity contribution in [1.82, 2.24) is 0 Å². The maximum absolute atomic E-state index is 14.4. The molecule has 31 nitrogen and oxygen atoms in total. The summed E-state index contributed by atoms with van der Waals surface area (Å²) in [7, 11) is 0. The Morgan fingerprint density at radius 1 is 0.476 bits per heavy atom. The van der Waals surface area contributed by atoms with Crippen LogP contribution in [0.3, 0.4) is 0 Å². The number of benzene rings is 1. The molecule has 9 heterocycles. The van der Waals surface area contributed by atoms with Gasteiger partial charge in [0.1, 0.15) is 47.8 Å². The van der Waals surface area contributed by atoms with Gasteiger partial charge in [0.15, 0.2) is 36.4 Å². The summed E-state index contributed by atoms with van der Waals surface area (Å²) in [4.78, 5) is 155. The van der Waals surface area contributed by atoms with E-state index < -0.39 is 231 Å². The van der Waals surface area contributed by atoms with E-state index in [9.17, 15) is 122 Å². The Bertz CT molecular complexity index is 4820. The Hall–Kier alpha value is -9.20. The van der Waals surface area contributed by atoms with Gasteiger partial charge < -0.3 is 81.3 Å². The van der Waals surface area contributed by atoms with Gasteiger partial charge in [-0.25, -0.2) is 28.4 Å². The van der Waals surface area contributed by atoms with Crippen LogP contribution in [-0.4, -0.2) is 210 Å². The van der Waals surface area contributed by atoms with Crippen molar-refractivity contribution >= 4 is 77.8 Å². The van der Waals surface area contributed by atoms with Gasteiger partial charge in [-0.3, -0.25) is 38.4 Å². The summed E-state index contributed by atoms with van der Waals surface area (Å²) < 4.78 is 211. The van der Waals surface area contributed by atoms with Crippen LogP contribution in [-0.2, 0) is 134 Å². The zero-order valence-electron chi connectivity index (χ0n) is 79.8. The second-order valence-corrected chi connectivity index (χ2v) is 43.4. The van der Waals surface area contributed by atoms with Crippen LogP contribution < -0.4 is 0 Å². The number of nitriles is 1. The Morgan fingerprint density at radius 2 is 0.972 bits per heavy atom. The predicted octanol–water partition coefficient (Wildman–Crippen LogP) is 18.3. The molecule has 143 heavy (non-hydrogen) atoms. The molecule has 17 fully saturated rings. The van der Waals surface area contributed by atoms with Gasteiger partial charge in [-0.2, -0.15) is 44.8 Å². The number of carbonyl (C=O) groups is 13. The van der Waals surface area contributed by atoms with Crippen LogP contribution in [0.4, 0.5) is 48.7 Å². The highest BCUT2D eigenvalue weighted by Gasteiger charge is 2.77. The molecule has 41 heteroatoms. The molecule has 28 atom stereocenters. The van der Waals surface area contributed by atoms with E-state index in [0.717, 1.165) is 45.4 Å². The number of esters is 12. The molecule has 10 bridgehead atoms. The van der Waals surface area contributed by atoms with Gasteiger partial charge in [0, 0.05) is 48.9 Å². The molecule has 17 aliphatic rings. The molecule has 2 N–H and O–H groups in total. The van der Waals surface area contributed by atoms with Gasteiger partial charge in [-0.15, -0.1) is 0 Å². The van der Waals surface area contributed by atoms with Crippen molar-refractivity contribution in [2.45, 2.75) is 411 Å². The minimum absolute atomic E-state index is 0. The van der Waals surface area contributed by atoms with E-state index in [-0.39, 0.29) is 147 Å². The molecule has 0 amide bonds. The van der Waals surface area contributed by atoms with Crippen LogP contribution in [0, 0.1) is 108 Å². The molecule has 9 saturated heterocycles. The fourth-order valence-corrected chi connectivity index (χ4v) is 22.1. The Kier molecular flexibility index (Phi) is 37.4. The first-order chi connectivity index (χ1) is 63.3.